The van der Waals surface area contributed by atoms with Gasteiger partial charge in [-0.2, -0.15) is 0 Å². The molecular formula is C24H34N8O2S. The molecule has 1 unspecified atom stereocenters. The minimum atomic E-state index is -0.284. The lowest BCUT2D eigenvalue weighted by Gasteiger charge is -2.35. The van der Waals surface area contributed by atoms with E-state index >= 15 is 0 Å². The average Bonchev–Trinajstić information content (AvgIpc) is 3.15. The topological polar surface area (TPSA) is 117 Å². The lowest BCUT2D eigenvalue weighted by atomic mass is 10.2. The first-order valence-corrected chi connectivity index (χ1v) is 13.1. The first kappa shape index (κ1) is 24.3. The van der Waals surface area contributed by atoms with Crippen molar-refractivity contribution in [2.24, 2.45) is 0 Å². The number of hydrogen-bond donors (Lipinski definition) is 2. The number of aromatic nitrogens is 4. The Morgan fingerprint density at radius 3 is 2.46 bits per heavy atom. The van der Waals surface area contributed by atoms with E-state index in [1.54, 1.807) is 17.5 Å². The first-order chi connectivity index (χ1) is 16.9. The van der Waals surface area contributed by atoms with Crippen molar-refractivity contribution in [2.45, 2.75) is 33.4 Å². The number of β-amino-alcohol motifs (C(OH)–C–C–N with tert-alkyl or cyclic N) is 1. The Morgan fingerprint density at radius 2 is 1.77 bits per heavy atom. The number of nitrogens with zero attached hydrogens (tertiary/aromatic N) is 7. The van der Waals surface area contributed by atoms with Gasteiger partial charge in [-0.05, 0) is 26.3 Å². The van der Waals surface area contributed by atoms with Gasteiger partial charge in [-0.25, -0.2) is 19.9 Å². The van der Waals surface area contributed by atoms with Crippen molar-refractivity contribution in [2.75, 3.05) is 69.7 Å². The maximum atomic E-state index is 9.70. The summed E-state index contributed by atoms with van der Waals surface area (Å²) in [4.78, 5) is 27.0. The van der Waals surface area contributed by atoms with Crippen LogP contribution in [0.2, 0.25) is 0 Å². The van der Waals surface area contributed by atoms with E-state index in [9.17, 15) is 5.11 Å². The number of morpholine rings is 1. The summed E-state index contributed by atoms with van der Waals surface area (Å²) < 4.78 is 6.73. The molecule has 5 rings (SSSR count). The standard InChI is InChI=1S/C24H34N8O2S/c1-15(33)13-30-4-6-31(7-5-30)14-19-16(2)20-21(35-19)23(32-8-10-34-11-9-32)29-22(28-20)18-12-26-24(25)27-17(18)3/h12,15,33H,4-11,13-14H2,1-3H3,(H2,25,26,27). The molecule has 35 heavy (non-hydrogen) atoms. The van der Waals surface area contributed by atoms with E-state index in [4.69, 9.17) is 20.4 Å². The Balaban J connectivity index is 1.49. The van der Waals surface area contributed by atoms with Crippen LogP contribution in [0.4, 0.5) is 11.8 Å². The summed E-state index contributed by atoms with van der Waals surface area (Å²) in [6, 6.07) is 0. The van der Waals surface area contributed by atoms with E-state index < -0.39 is 0 Å². The highest BCUT2D eigenvalue weighted by Gasteiger charge is 2.25. The fourth-order valence-corrected chi connectivity index (χ4v) is 6.10. The van der Waals surface area contributed by atoms with E-state index in [0.717, 1.165) is 79.6 Å². The summed E-state index contributed by atoms with van der Waals surface area (Å²) >= 11 is 1.81. The van der Waals surface area contributed by atoms with E-state index in [-0.39, 0.29) is 12.1 Å². The van der Waals surface area contributed by atoms with Crippen molar-refractivity contribution in [3.8, 4) is 11.4 Å². The molecule has 3 N–H and O–H groups in total. The Hall–Kier alpha value is -2.44. The molecule has 188 valence electrons. The second-order valence-electron chi connectivity index (χ2n) is 9.45. The molecule has 11 heteroatoms. The summed E-state index contributed by atoms with van der Waals surface area (Å²) in [6.45, 7) is 14.5. The third-order valence-corrected chi connectivity index (χ3v) is 8.01. The number of piperazine rings is 1. The molecule has 0 amide bonds. The van der Waals surface area contributed by atoms with Gasteiger partial charge >= 0.3 is 0 Å². The van der Waals surface area contributed by atoms with Gasteiger partial charge in [-0.1, -0.05) is 0 Å². The molecule has 0 spiro atoms. The third-order valence-electron chi connectivity index (χ3n) is 6.75. The minimum Gasteiger partial charge on any atom is -0.392 e. The highest BCUT2D eigenvalue weighted by atomic mass is 32.1. The molecule has 1 atom stereocenters. The molecular weight excluding hydrogens is 464 g/mol. The Morgan fingerprint density at radius 1 is 1.06 bits per heavy atom. The number of fused-ring (bicyclic) bond motifs is 1. The summed E-state index contributed by atoms with van der Waals surface area (Å²) in [5.41, 5.74) is 9.57. The van der Waals surface area contributed by atoms with Gasteiger partial charge in [0.15, 0.2) is 11.6 Å². The summed E-state index contributed by atoms with van der Waals surface area (Å²) in [7, 11) is 0. The maximum absolute atomic E-state index is 9.70. The molecule has 5 heterocycles. The van der Waals surface area contributed by atoms with Crippen LogP contribution in [0.3, 0.4) is 0 Å². The molecule has 2 aliphatic rings. The van der Waals surface area contributed by atoms with Crippen LogP contribution in [0.1, 0.15) is 23.1 Å². The Labute approximate surface area is 209 Å². The number of aliphatic hydroxyl groups is 1. The maximum Gasteiger partial charge on any atom is 0.220 e. The zero-order valence-electron chi connectivity index (χ0n) is 20.7. The predicted molar refractivity (Wildman–Crippen MR) is 139 cm³/mol. The molecule has 3 aromatic rings. The van der Waals surface area contributed by atoms with Crippen molar-refractivity contribution in [3.05, 3.63) is 22.3 Å². The highest BCUT2D eigenvalue weighted by Crippen LogP contribution is 2.38. The smallest absolute Gasteiger partial charge is 0.220 e. The zero-order chi connectivity index (χ0) is 24.5. The van der Waals surface area contributed by atoms with Gasteiger partial charge in [-0.3, -0.25) is 9.80 Å². The van der Waals surface area contributed by atoms with Crippen molar-refractivity contribution in [1.29, 1.82) is 0 Å². The van der Waals surface area contributed by atoms with Crippen LogP contribution in [-0.4, -0.2) is 100.0 Å². The van der Waals surface area contributed by atoms with Crippen LogP contribution in [0, 0.1) is 13.8 Å². The van der Waals surface area contributed by atoms with Crippen molar-refractivity contribution >= 4 is 33.3 Å². The summed E-state index contributed by atoms with van der Waals surface area (Å²) in [5, 5.41) is 9.70. The molecule has 3 aromatic heterocycles. The number of aryl methyl sites for hydroxylation is 2. The molecule has 2 fully saturated rings. The molecule has 2 saturated heterocycles. The second kappa shape index (κ2) is 10.3. The van der Waals surface area contributed by atoms with E-state index in [1.165, 1.54) is 10.4 Å². The van der Waals surface area contributed by atoms with Crippen LogP contribution >= 0.6 is 11.3 Å². The number of rotatable bonds is 6. The van der Waals surface area contributed by atoms with Gasteiger partial charge in [0.2, 0.25) is 5.95 Å². The Kier molecular flexibility index (Phi) is 7.12. The first-order valence-electron chi connectivity index (χ1n) is 12.2. The van der Waals surface area contributed by atoms with E-state index in [2.05, 4.69) is 31.6 Å². The number of anilines is 2. The second-order valence-corrected chi connectivity index (χ2v) is 10.6. The van der Waals surface area contributed by atoms with Crippen LogP contribution in [0.25, 0.3) is 21.6 Å². The molecule has 0 aromatic carbocycles. The van der Waals surface area contributed by atoms with Crippen molar-refractivity contribution < 1.29 is 9.84 Å². The molecule has 0 bridgehead atoms. The lowest BCUT2D eigenvalue weighted by Crippen LogP contribution is -2.47. The highest BCUT2D eigenvalue weighted by molar-refractivity contribution is 7.19. The summed E-state index contributed by atoms with van der Waals surface area (Å²) in [5.74, 6) is 1.85. The molecule has 10 nitrogen and oxygen atoms in total. The number of nitrogens with two attached hydrogens (primary N) is 1. The van der Waals surface area contributed by atoms with Gasteiger partial charge in [0, 0.05) is 63.4 Å². The van der Waals surface area contributed by atoms with Gasteiger partial charge in [0.05, 0.1) is 40.8 Å². The minimum absolute atomic E-state index is 0.253. The van der Waals surface area contributed by atoms with E-state index in [1.807, 2.05) is 13.8 Å². The normalized spacial score (nSPS) is 18.9. The van der Waals surface area contributed by atoms with Crippen LogP contribution in [0.15, 0.2) is 6.20 Å². The predicted octanol–water partition coefficient (Wildman–Crippen LogP) is 1.68. The van der Waals surface area contributed by atoms with Crippen LogP contribution < -0.4 is 10.6 Å². The average molecular weight is 499 g/mol. The van der Waals surface area contributed by atoms with Crippen LogP contribution in [0.5, 0.6) is 0 Å². The number of ether oxygens (including phenoxy) is 1. The fraction of sp³-hybridized carbons (Fsp3) is 0.583. The van der Waals surface area contributed by atoms with E-state index in [0.29, 0.717) is 19.0 Å². The monoisotopic (exact) mass is 498 g/mol. The quantitative estimate of drug-likeness (QED) is 0.520. The zero-order valence-corrected chi connectivity index (χ0v) is 21.5. The van der Waals surface area contributed by atoms with Gasteiger partial charge in [-0.15, -0.1) is 11.3 Å². The Bertz CT molecular complexity index is 1190. The van der Waals surface area contributed by atoms with Gasteiger partial charge in [0.1, 0.15) is 0 Å². The fourth-order valence-electron chi connectivity index (χ4n) is 4.79. The van der Waals surface area contributed by atoms with Gasteiger partial charge in [0.25, 0.3) is 0 Å². The SMILES string of the molecule is Cc1nc(N)ncc1-c1nc(N2CCOCC2)c2sc(CN3CCN(CC(C)O)CC3)c(C)c2n1. The molecule has 0 saturated carbocycles. The van der Waals surface area contributed by atoms with Crippen LogP contribution in [-0.2, 0) is 11.3 Å². The molecule has 2 aliphatic heterocycles. The molecule has 0 aliphatic carbocycles. The summed E-state index contributed by atoms with van der Waals surface area (Å²) in [6.07, 6.45) is 1.44. The van der Waals surface area contributed by atoms with Crippen molar-refractivity contribution in [1.82, 2.24) is 29.7 Å². The van der Waals surface area contributed by atoms with Crippen molar-refractivity contribution in [3.63, 3.8) is 0 Å². The number of hydrogen-bond acceptors (Lipinski definition) is 11. The van der Waals surface area contributed by atoms with Gasteiger partial charge < -0.3 is 20.5 Å². The number of nitrogen functional groups attached to an aromatic ring is 1. The number of aliphatic hydroxyl groups excluding tert-OH is 1. The molecule has 0 radical (unpaired) electrons. The largest absolute Gasteiger partial charge is 0.392 e. The number of thiophene rings is 1. The lowest BCUT2D eigenvalue weighted by molar-refractivity contribution is 0.0784. The third kappa shape index (κ3) is 5.24.